The fourth-order valence-electron chi connectivity index (χ4n) is 2.60. The third-order valence-corrected chi connectivity index (χ3v) is 4.55. The van der Waals surface area contributed by atoms with Crippen LogP contribution in [0.15, 0.2) is 28.5 Å². The van der Waals surface area contributed by atoms with Crippen molar-refractivity contribution in [2.75, 3.05) is 6.54 Å². The lowest BCUT2D eigenvalue weighted by molar-refractivity contribution is 0.0737. The van der Waals surface area contributed by atoms with Gasteiger partial charge >= 0.3 is 5.69 Å². The molecule has 0 aliphatic carbocycles. The van der Waals surface area contributed by atoms with Crippen molar-refractivity contribution >= 4 is 17.2 Å². The summed E-state index contributed by atoms with van der Waals surface area (Å²) in [5, 5.41) is 1.98. The summed E-state index contributed by atoms with van der Waals surface area (Å²) >= 11 is 1.47. The SMILES string of the molecule is Cc1csc(C(=O)N2CCC[C@H]2c2ccnc(=O)[nH]2)c1. The molecule has 1 aliphatic heterocycles. The molecule has 1 saturated heterocycles. The predicted octanol–water partition coefficient (Wildman–Crippen LogP) is 2.12. The number of aromatic amines is 1. The molecule has 2 aromatic heterocycles. The van der Waals surface area contributed by atoms with Crippen molar-refractivity contribution in [2.45, 2.75) is 25.8 Å². The van der Waals surface area contributed by atoms with Crippen molar-refractivity contribution in [1.82, 2.24) is 14.9 Å². The Labute approximate surface area is 120 Å². The smallest absolute Gasteiger partial charge is 0.329 e. The number of rotatable bonds is 2. The van der Waals surface area contributed by atoms with E-state index in [0.29, 0.717) is 0 Å². The second kappa shape index (κ2) is 5.20. The first-order chi connectivity index (χ1) is 9.65. The lowest BCUT2D eigenvalue weighted by Crippen LogP contribution is -2.31. The highest BCUT2D eigenvalue weighted by Gasteiger charge is 2.31. The standard InChI is InChI=1S/C14H15N3O2S/c1-9-7-12(20-8-9)13(18)17-6-2-3-11(17)10-4-5-15-14(19)16-10/h4-5,7-8,11H,2-3,6H2,1H3,(H,15,16,19)/t11-/m0/s1. The number of carbonyl (C=O) groups excluding carboxylic acids is 1. The van der Waals surface area contributed by atoms with E-state index in [0.717, 1.165) is 35.5 Å². The number of aromatic nitrogens is 2. The summed E-state index contributed by atoms with van der Waals surface area (Å²) in [5.41, 5.74) is 1.50. The molecule has 1 atom stereocenters. The highest BCUT2D eigenvalue weighted by molar-refractivity contribution is 7.12. The summed E-state index contributed by atoms with van der Waals surface area (Å²) in [6, 6.07) is 3.63. The van der Waals surface area contributed by atoms with Crippen LogP contribution in [-0.4, -0.2) is 27.3 Å². The Morgan fingerprint density at radius 2 is 2.40 bits per heavy atom. The van der Waals surface area contributed by atoms with Gasteiger partial charge in [-0.05, 0) is 42.8 Å². The zero-order valence-corrected chi connectivity index (χ0v) is 11.9. The number of aryl methyl sites for hydroxylation is 1. The average molecular weight is 289 g/mol. The van der Waals surface area contributed by atoms with Gasteiger partial charge in [-0.2, -0.15) is 0 Å². The molecule has 3 heterocycles. The van der Waals surface area contributed by atoms with Crippen molar-refractivity contribution in [3.63, 3.8) is 0 Å². The van der Waals surface area contributed by atoms with Gasteiger partial charge in [0.15, 0.2) is 0 Å². The fraction of sp³-hybridized carbons (Fsp3) is 0.357. The van der Waals surface area contributed by atoms with Gasteiger partial charge < -0.3 is 9.88 Å². The molecule has 1 amide bonds. The number of thiophene rings is 1. The first-order valence-corrected chi connectivity index (χ1v) is 7.44. The summed E-state index contributed by atoms with van der Waals surface area (Å²) in [5.74, 6) is 0.0447. The molecular formula is C14H15N3O2S. The van der Waals surface area contributed by atoms with E-state index in [-0.39, 0.29) is 17.6 Å². The molecule has 0 saturated carbocycles. The Morgan fingerprint density at radius 1 is 1.55 bits per heavy atom. The van der Waals surface area contributed by atoms with Crippen LogP contribution in [0.5, 0.6) is 0 Å². The summed E-state index contributed by atoms with van der Waals surface area (Å²) in [4.78, 5) is 32.8. The lowest BCUT2D eigenvalue weighted by Gasteiger charge is -2.24. The van der Waals surface area contributed by atoms with Crippen LogP contribution in [0.3, 0.4) is 0 Å². The van der Waals surface area contributed by atoms with Crippen LogP contribution in [0.4, 0.5) is 0 Å². The molecule has 5 nitrogen and oxygen atoms in total. The third kappa shape index (κ3) is 2.38. The van der Waals surface area contributed by atoms with E-state index in [2.05, 4.69) is 9.97 Å². The Kier molecular flexibility index (Phi) is 3.40. The van der Waals surface area contributed by atoms with E-state index in [1.165, 1.54) is 17.5 Å². The van der Waals surface area contributed by atoms with E-state index in [9.17, 15) is 9.59 Å². The average Bonchev–Trinajstić information content (AvgIpc) is 3.06. The molecule has 0 radical (unpaired) electrons. The van der Waals surface area contributed by atoms with Crippen LogP contribution in [0, 0.1) is 6.92 Å². The summed E-state index contributed by atoms with van der Waals surface area (Å²) in [6.45, 7) is 2.71. The Hall–Kier alpha value is -1.95. The number of carbonyl (C=O) groups is 1. The quantitative estimate of drug-likeness (QED) is 0.921. The molecule has 0 spiro atoms. The van der Waals surface area contributed by atoms with Crippen LogP contribution < -0.4 is 5.69 Å². The van der Waals surface area contributed by atoms with Gasteiger partial charge in [-0.25, -0.2) is 9.78 Å². The largest absolute Gasteiger partial charge is 0.345 e. The molecule has 2 aromatic rings. The van der Waals surface area contributed by atoms with E-state index >= 15 is 0 Å². The molecule has 3 rings (SSSR count). The van der Waals surface area contributed by atoms with Crippen LogP contribution in [0.25, 0.3) is 0 Å². The van der Waals surface area contributed by atoms with Crippen molar-refractivity contribution < 1.29 is 4.79 Å². The van der Waals surface area contributed by atoms with Gasteiger partial charge in [0, 0.05) is 18.4 Å². The molecule has 20 heavy (non-hydrogen) atoms. The fourth-order valence-corrected chi connectivity index (χ4v) is 3.45. The molecule has 6 heteroatoms. The van der Waals surface area contributed by atoms with Crippen LogP contribution >= 0.6 is 11.3 Å². The van der Waals surface area contributed by atoms with Crippen molar-refractivity contribution in [2.24, 2.45) is 0 Å². The van der Waals surface area contributed by atoms with Gasteiger partial charge in [-0.1, -0.05) is 0 Å². The van der Waals surface area contributed by atoms with Gasteiger partial charge in [0.05, 0.1) is 10.9 Å². The van der Waals surface area contributed by atoms with Gasteiger partial charge in [0.1, 0.15) is 0 Å². The van der Waals surface area contributed by atoms with Crippen molar-refractivity contribution in [1.29, 1.82) is 0 Å². The number of nitrogens with zero attached hydrogens (tertiary/aromatic N) is 2. The maximum Gasteiger partial charge on any atom is 0.345 e. The lowest BCUT2D eigenvalue weighted by atomic mass is 10.1. The minimum Gasteiger partial charge on any atom is -0.329 e. The van der Waals surface area contributed by atoms with Crippen LogP contribution in [0.2, 0.25) is 0 Å². The van der Waals surface area contributed by atoms with Gasteiger partial charge in [-0.3, -0.25) is 4.79 Å². The monoisotopic (exact) mass is 289 g/mol. The normalized spacial score (nSPS) is 18.4. The van der Waals surface area contributed by atoms with Gasteiger partial charge in [0.2, 0.25) is 0 Å². The Morgan fingerprint density at radius 3 is 3.10 bits per heavy atom. The van der Waals surface area contributed by atoms with Crippen molar-refractivity contribution in [3.05, 3.63) is 50.3 Å². The van der Waals surface area contributed by atoms with E-state index < -0.39 is 0 Å². The molecule has 0 unspecified atom stereocenters. The second-order valence-corrected chi connectivity index (χ2v) is 5.89. The third-order valence-electron chi connectivity index (χ3n) is 3.51. The zero-order chi connectivity index (χ0) is 14.1. The highest BCUT2D eigenvalue weighted by Crippen LogP contribution is 2.32. The number of nitrogens with one attached hydrogen (secondary N) is 1. The second-order valence-electron chi connectivity index (χ2n) is 4.98. The number of H-pyrrole nitrogens is 1. The first kappa shape index (κ1) is 13.1. The zero-order valence-electron chi connectivity index (χ0n) is 11.1. The predicted molar refractivity (Wildman–Crippen MR) is 76.9 cm³/mol. The topological polar surface area (TPSA) is 66.1 Å². The maximum atomic E-state index is 12.6. The molecule has 1 N–H and O–H groups in total. The first-order valence-electron chi connectivity index (χ1n) is 6.56. The minimum atomic E-state index is -0.367. The minimum absolute atomic E-state index is 0.0447. The molecule has 104 valence electrons. The van der Waals surface area contributed by atoms with E-state index in [1.807, 2.05) is 23.3 Å². The molecule has 1 fully saturated rings. The molecular weight excluding hydrogens is 274 g/mol. The van der Waals surface area contributed by atoms with Crippen LogP contribution in [-0.2, 0) is 0 Å². The van der Waals surface area contributed by atoms with Gasteiger partial charge in [-0.15, -0.1) is 11.3 Å². The molecule has 1 aliphatic rings. The molecule has 0 bridgehead atoms. The number of hydrogen-bond donors (Lipinski definition) is 1. The number of hydrogen-bond acceptors (Lipinski definition) is 4. The number of likely N-dealkylation sites (tertiary alicyclic amines) is 1. The molecule has 0 aromatic carbocycles. The Bertz CT molecular complexity index is 691. The van der Waals surface area contributed by atoms with E-state index in [4.69, 9.17) is 0 Å². The van der Waals surface area contributed by atoms with Gasteiger partial charge in [0.25, 0.3) is 5.91 Å². The summed E-state index contributed by atoms with van der Waals surface area (Å²) in [7, 11) is 0. The highest BCUT2D eigenvalue weighted by atomic mass is 32.1. The summed E-state index contributed by atoms with van der Waals surface area (Å²) < 4.78 is 0. The van der Waals surface area contributed by atoms with Crippen molar-refractivity contribution in [3.8, 4) is 0 Å². The summed E-state index contributed by atoms with van der Waals surface area (Å²) in [6.07, 6.45) is 3.31. The van der Waals surface area contributed by atoms with E-state index in [1.54, 1.807) is 6.07 Å². The van der Waals surface area contributed by atoms with Crippen LogP contribution in [0.1, 0.15) is 39.8 Å². The number of amides is 1. The Balaban J connectivity index is 1.89. The maximum absolute atomic E-state index is 12.6.